The lowest BCUT2D eigenvalue weighted by Gasteiger charge is -2.24. The molecule has 1 aliphatic heterocycles. The normalized spacial score (nSPS) is 30.8. The highest BCUT2D eigenvalue weighted by Gasteiger charge is 2.43. The summed E-state index contributed by atoms with van der Waals surface area (Å²) < 4.78 is 0. The number of nitrogens with zero attached hydrogens (tertiary/aromatic N) is 1. The Balaban J connectivity index is 1.31. The van der Waals surface area contributed by atoms with Crippen LogP contribution in [-0.4, -0.2) is 29.9 Å². The zero-order valence-corrected chi connectivity index (χ0v) is 15.3. The molecule has 2 saturated carbocycles. The average molecular weight is 341 g/mol. The largest absolute Gasteiger partial charge is 0.353 e. The second-order valence-corrected chi connectivity index (χ2v) is 8.48. The first-order valence-corrected chi connectivity index (χ1v) is 10.4. The van der Waals surface area contributed by atoms with E-state index < -0.39 is 0 Å². The molecule has 4 rings (SSSR count). The average Bonchev–Trinajstić information content (AvgIpc) is 3.05. The van der Waals surface area contributed by atoms with Gasteiger partial charge in [-0.3, -0.25) is 9.69 Å². The van der Waals surface area contributed by atoms with Gasteiger partial charge in [-0.1, -0.05) is 56.0 Å². The molecule has 1 aromatic rings. The maximum Gasteiger partial charge on any atom is 0.223 e. The van der Waals surface area contributed by atoms with Crippen LogP contribution >= 0.6 is 0 Å². The van der Waals surface area contributed by atoms with E-state index in [4.69, 9.17) is 0 Å². The minimum atomic E-state index is 0.281. The Morgan fingerprint density at radius 3 is 2.48 bits per heavy atom. The van der Waals surface area contributed by atoms with Crippen LogP contribution in [0.1, 0.15) is 56.9 Å². The monoisotopic (exact) mass is 340 g/mol. The summed E-state index contributed by atoms with van der Waals surface area (Å²) in [7, 11) is 0. The number of carbonyl (C=O) groups is 1. The number of carbonyl (C=O) groups excluding carboxylic acids is 1. The van der Waals surface area contributed by atoms with E-state index in [1.165, 1.54) is 50.6 Å². The van der Waals surface area contributed by atoms with Crippen LogP contribution in [-0.2, 0) is 11.3 Å². The Labute approximate surface area is 152 Å². The molecule has 0 bridgehead atoms. The smallest absolute Gasteiger partial charge is 0.223 e. The van der Waals surface area contributed by atoms with Gasteiger partial charge in [0.15, 0.2) is 0 Å². The summed E-state index contributed by atoms with van der Waals surface area (Å²) in [6, 6.07) is 11.2. The standard InChI is InChI=1S/C22H32N2O/c25-22(18-10-6-1-2-7-11-18)23-21-13-12-19-15-24(16-20(19)21)14-17-8-4-3-5-9-17/h3-5,8-9,18-21H,1-2,6-7,10-16H2,(H,23,25)/t19-,20?,21?/m0/s1. The van der Waals surface area contributed by atoms with E-state index in [-0.39, 0.29) is 5.92 Å². The number of likely N-dealkylation sites (tertiary alicyclic amines) is 1. The van der Waals surface area contributed by atoms with Gasteiger partial charge >= 0.3 is 0 Å². The second-order valence-electron chi connectivity index (χ2n) is 8.48. The van der Waals surface area contributed by atoms with Crippen molar-refractivity contribution in [3.63, 3.8) is 0 Å². The Morgan fingerprint density at radius 2 is 1.72 bits per heavy atom. The number of nitrogens with one attached hydrogen (secondary N) is 1. The number of fused-ring (bicyclic) bond motifs is 1. The lowest BCUT2D eigenvalue weighted by atomic mass is 9.95. The molecule has 25 heavy (non-hydrogen) atoms. The van der Waals surface area contributed by atoms with Crippen LogP contribution in [0.2, 0.25) is 0 Å². The summed E-state index contributed by atoms with van der Waals surface area (Å²) in [5.41, 5.74) is 1.40. The first kappa shape index (κ1) is 17.1. The number of hydrogen-bond donors (Lipinski definition) is 1. The molecule has 0 radical (unpaired) electrons. The molecule has 0 aromatic heterocycles. The highest BCUT2D eigenvalue weighted by atomic mass is 16.1. The molecule has 3 nitrogen and oxygen atoms in total. The van der Waals surface area contributed by atoms with Gasteiger partial charge in [0.25, 0.3) is 0 Å². The van der Waals surface area contributed by atoms with Crippen molar-refractivity contribution in [2.45, 2.75) is 64.0 Å². The minimum absolute atomic E-state index is 0.281. The van der Waals surface area contributed by atoms with E-state index >= 15 is 0 Å². The van der Waals surface area contributed by atoms with Crippen LogP contribution in [0, 0.1) is 17.8 Å². The van der Waals surface area contributed by atoms with E-state index in [1.54, 1.807) is 0 Å². The van der Waals surface area contributed by atoms with Crippen molar-refractivity contribution in [3.8, 4) is 0 Å². The Morgan fingerprint density at radius 1 is 0.960 bits per heavy atom. The molecule has 0 spiro atoms. The minimum Gasteiger partial charge on any atom is -0.353 e. The van der Waals surface area contributed by atoms with Crippen LogP contribution in [0.4, 0.5) is 0 Å². The lowest BCUT2D eigenvalue weighted by Crippen LogP contribution is -2.42. The van der Waals surface area contributed by atoms with E-state index in [9.17, 15) is 4.79 Å². The number of hydrogen-bond acceptors (Lipinski definition) is 2. The van der Waals surface area contributed by atoms with Crippen molar-refractivity contribution in [1.82, 2.24) is 10.2 Å². The molecule has 3 fully saturated rings. The molecule has 1 aromatic carbocycles. The third kappa shape index (κ3) is 4.08. The summed E-state index contributed by atoms with van der Waals surface area (Å²) in [6.45, 7) is 3.40. The zero-order chi connectivity index (χ0) is 17.1. The molecule has 136 valence electrons. The van der Waals surface area contributed by atoms with Gasteiger partial charge in [0.05, 0.1) is 0 Å². The maximum absolute atomic E-state index is 12.7. The van der Waals surface area contributed by atoms with Crippen molar-refractivity contribution in [1.29, 1.82) is 0 Å². The molecule has 3 aliphatic rings. The summed E-state index contributed by atoms with van der Waals surface area (Å²) >= 11 is 0. The molecule has 1 saturated heterocycles. The topological polar surface area (TPSA) is 32.3 Å². The maximum atomic E-state index is 12.7. The van der Waals surface area contributed by atoms with E-state index in [1.807, 2.05) is 0 Å². The number of rotatable bonds is 4. The van der Waals surface area contributed by atoms with E-state index in [0.717, 1.165) is 31.8 Å². The third-order valence-corrected chi connectivity index (χ3v) is 6.74. The summed E-state index contributed by atoms with van der Waals surface area (Å²) in [5.74, 6) is 2.08. The molecule has 2 aliphatic carbocycles. The van der Waals surface area contributed by atoms with Gasteiger partial charge in [0.1, 0.15) is 0 Å². The van der Waals surface area contributed by atoms with Gasteiger partial charge in [-0.25, -0.2) is 0 Å². The molecular weight excluding hydrogens is 308 g/mol. The van der Waals surface area contributed by atoms with Crippen molar-refractivity contribution in [2.24, 2.45) is 17.8 Å². The highest BCUT2D eigenvalue weighted by Crippen LogP contribution is 2.39. The van der Waals surface area contributed by atoms with Crippen molar-refractivity contribution in [2.75, 3.05) is 13.1 Å². The van der Waals surface area contributed by atoms with Crippen LogP contribution in [0.5, 0.6) is 0 Å². The molecule has 1 heterocycles. The first-order valence-electron chi connectivity index (χ1n) is 10.4. The van der Waals surface area contributed by atoms with Gasteiger partial charge in [0, 0.05) is 31.6 Å². The van der Waals surface area contributed by atoms with Gasteiger partial charge in [-0.2, -0.15) is 0 Å². The van der Waals surface area contributed by atoms with Crippen molar-refractivity contribution < 1.29 is 4.79 Å². The fraction of sp³-hybridized carbons (Fsp3) is 0.682. The van der Waals surface area contributed by atoms with Gasteiger partial charge in [0.2, 0.25) is 5.91 Å². The van der Waals surface area contributed by atoms with Crippen molar-refractivity contribution in [3.05, 3.63) is 35.9 Å². The van der Waals surface area contributed by atoms with E-state index in [0.29, 0.717) is 17.9 Å². The van der Waals surface area contributed by atoms with Gasteiger partial charge in [-0.15, -0.1) is 0 Å². The van der Waals surface area contributed by atoms with E-state index in [2.05, 4.69) is 40.5 Å². The molecule has 3 atom stereocenters. The van der Waals surface area contributed by atoms with Gasteiger partial charge in [-0.05, 0) is 43.1 Å². The Hall–Kier alpha value is -1.35. The summed E-state index contributed by atoms with van der Waals surface area (Å²) in [4.78, 5) is 15.3. The van der Waals surface area contributed by atoms with Crippen LogP contribution in [0.3, 0.4) is 0 Å². The predicted octanol–water partition coefficient (Wildman–Crippen LogP) is 3.98. The van der Waals surface area contributed by atoms with Crippen LogP contribution < -0.4 is 5.32 Å². The molecule has 1 amide bonds. The molecule has 2 unspecified atom stereocenters. The molecule has 1 N–H and O–H groups in total. The Bertz CT molecular complexity index is 565. The third-order valence-electron chi connectivity index (χ3n) is 6.74. The number of benzene rings is 1. The summed E-state index contributed by atoms with van der Waals surface area (Å²) in [5, 5.41) is 3.47. The SMILES string of the molecule is O=C(NC1CC[C@H]2CN(Cc3ccccc3)CC12)C1CCCCCC1. The van der Waals surface area contributed by atoms with Crippen LogP contribution in [0.25, 0.3) is 0 Å². The van der Waals surface area contributed by atoms with Gasteiger partial charge < -0.3 is 5.32 Å². The quantitative estimate of drug-likeness (QED) is 0.841. The first-order chi connectivity index (χ1) is 12.3. The number of amides is 1. The highest BCUT2D eigenvalue weighted by molar-refractivity contribution is 5.79. The lowest BCUT2D eigenvalue weighted by molar-refractivity contribution is -0.126. The fourth-order valence-electron chi connectivity index (χ4n) is 5.35. The zero-order valence-electron chi connectivity index (χ0n) is 15.3. The second kappa shape index (κ2) is 7.90. The molecule has 3 heteroatoms. The summed E-state index contributed by atoms with van der Waals surface area (Å²) in [6.07, 6.45) is 9.77. The van der Waals surface area contributed by atoms with Crippen LogP contribution in [0.15, 0.2) is 30.3 Å². The fourth-order valence-corrected chi connectivity index (χ4v) is 5.35. The van der Waals surface area contributed by atoms with Crippen molar-refractivity contribution >= 4 is 5.91 Å². The predicted molar refractivity (Wildman–Crippen MR) is 101 cm³/mol. The molecular formula is C22H32N2O. The Kier molecular flexibility index (Phi) is 5.40.